The molecule has 0 saturated heterocycles. The van der Waals surface area contributed by atoms with Crippen molar-refractivity contribution in [2.24, 2.45) is 0 Å². The summed E-state index contributed by atoms with van der Waals surface area (Å²) in [6.45, 7) is 0. The van der Waals surface area contributed by atoms with Gasteiger partial charge in [-0.15, -0.1) is 11.3 Å². The minimum absolute atomic E-state index is 1.11. The van der Waals surface area contributed by atoms with Crippen molar-refractivity contribution in [2.45, 2.75) is 0 Å². The molecule has 1 aromatic heterocycles. The molecule has 0 aliphatic carbocycles. The fraction of sp³-hybridized carbons (Fsp3) is 0. The lowest BCUT2D eigenvalue weighted by atomic mass is 9.92. The summed E-state index contributed by atoms with van der Waals surface area (Å²) >= 11 is 1.87. The van der Waals surface area contributed by atoms with Crippen molar-refractivity contribution in [2.75, 3.05) is 4.90 Å². The summed E-state index contributed by atoms with van der Waals surface area (Å²) in [5.41, 5.74) is 13.1. The molecule has 2 heteroatoms. The van der Waals surface area contributed by atoms with E-state index in [1.165, 1.54) is 81.1 Å². The molecule has 0 N–H and O–H groups in total. The summed E-state index contributed by atoms with van der Waals surface area (Å²) in [6, 6.07) is 77.1. The summed E-state index contributed by atoms with van der Waals surface area (Å²) in [6.07, 6.45) is 0. The van der Waals surface area contributed by atoms with Crippen molar-refractivity contribution in [1.82, 2.24) is 0 Å². The van der Waals surface area contributed by atoms with Crippen molar-refractivity contribution < 1.29 is 0 Å². The molecule has 1 nitrogen and oxygen atoms in total. The Morgan fingerprint density at radius 2 is 0.796 bits per heavy atom. The van der Waals surface area contributed by atoms with Crippen LogP contribution in [0.15, 0.2) is 212 Å². The minimum atomic E-state index is 1.11. The second kappa shape index (κ2) is 13.7. The summed E-state index contributed by atoms with van der Waals surface area (Å²) in [5, 5.41) is 5.07. The van der Waals surface area contributed by atoms with Crippen LogP contribution in [0.5, 0.6) is 0 Å². The van der Waals surface area contributed by atoms with E-state index in [1.54, 1.807) is 0 Å². The van der Waals surface area contributed by atoms with E-state index in [2.05, 4.69) is 217 Å². The summed E-state index contributed by atoms with van der Waals surface area (Å²) in [4.78, 5) is 2.46. The number of rotatable bonds is 7. The number of benzene rings is 9. The van der Waals surface area contributed by atoms with Crippen LogP contribution in [0.25, 0.3) is 75.5 Å². The SMILES string of the molecule is c1ccc(-c2ccc(N(c3cccc(-c4cccc5c(-c6ccccc6)cccc45)c3)c3cccc4c3sc3ccccc34)cc2-c2ccccc2)cc1. The predicted octanol–water partition coefficient (Wildman–Crippen LogP) is 15.3. The van der Waals surface area contributed by atoms with Gasteiger partial charge in [-0.3, -0.25) is 0 Å². The Morgan fingerprint density at radius 1 is 0.296 bits per heavy atom. The lowest BCUT2D eigenvalue weighted by molar-refractivity contribution is 1.30. The highest BCUT2D eigenvalue weighted by Gasteiger charge is 2.21. The Bertz CT molecular complexity index is 2930. The maximum Gasteiger partial charge on any atom is 0.0640 e. The number of hydrogen-bond donors (Lipinski definition) is 0. The van der Waals surface area contributed by atoms with Gasteiger partial charge in [-0.2, -0.15) is 0 Å². The summed E-state index contributed by atoms with van der Waals surface area (Å²) in [7, 11) is 0. The first-order valence-corrected chi connectivity index (χ1v) is 19.2. The number of nitrogens with zero attached hydrogens (tertiary/aromatic N) is 1. The van der Waals surface area contributed by atoms with Crippen LogP contribution >= 0.6 is 11.3 Å². The smallest absolute Gasteiger partial charge is 0.0640 e. The van der Waals surface area contributed by atoms with Crippen LogP contribution in [-0.4, -0.2) is 0 Å². The lowest BCUT2D eigenvalue weighted by Crippen LogP contribution is -2.10. The van der Waals surface area contributed by atoms with Gasteiger partial charge in [-0.25, -0.2) is 0 Å². The van der Waals surface area contributed by atoms with Crippen molar-refractivity contribution in [1.29, 1.82) is 0 Å². The fourth-order valence-electron chi connectivity index (χ4n) is 7.98. The highest BCUT2D eigenvalue weighted by atomic mass is 32.1. The van der Waals surface area contributed by atoms with Gasteiger partial charge in [0.25, 0.3) is 0 Å². The molecule has 0 unspecified atom stereocenters. The van der Waals surface area contributed by atoms with E-state index in [9.17, 15) is 0 Å². The van der Waals surface area contributed by atoms with E-state index in [0.717, 1.165) is 11.4 Å². The third-order valence-electron chi connectivity index (χ3n) is 10.5. The highest BCUT2D eigenvalue weighted by Crippen LogP contribution is 2.47. The molecule has 1 heterocycles. The first-order valence-electron chi connectivity index (χ1n) is 18.4. The zero-order chi connectivity index (χ0) is 35.8. The van der Waals surface area contributed by atoms with Gasteiger partial charge < -0.3 is 4.90 Å². The molecular weight excluding hydrogens is 671 g/mol. The fourth-order valence-corrected chi connectivity index (χ4v) is 9.18. The van der Waals surface area contributed by atoms with Crippen molar-refractivity contribution >= 4 is 59.3 Å². The molecule has 54 heavy (non-hydrogen) atoms. The van der Waals surface area contributed by atoms with Gasteiger partial charge in [0.15, 0.2) is 0 Å². The molecule has 0 amide bonds. The van der Waals surface area contributed by atoms with Crippen LogP contribution in [-0.2, 0) is 0 Å². The summed E-state index contributed by atoms with van der Waals surface area (Å²) in [5.74, 6) is 0. The number of anilines is 3. The van der Waals surface area contributed by atoms with E-state index in [-0.39, 0.29) is 0 Å². The average Bonchev–Trinajstić information content (AvgIpc) is 3.64. The molecule has 0 aliphatic heterocycles. The second-order valence-electron chi connectivity index (χ2n) is 13.7. The number of thiophene rings is 1. The Labute approximate surface area is 319 Å². The van der Waals surface area contributed by atoms with Gasteiger partial charge in [-0.05, 0) is 91.7 Å². The van der Waals surface area contributed by atoms with Crippen LogP contribution in [0.3, 0.4) is 0 Å². The number of hydrogen-bond acceptors (Lipinski definition) is 2. The molecule has 0 bridgehead atoms. The van der Waals surface area contributed by atoms with Crippen LogP contribution in [0.1, 0.15) is 0 Å². The zero-order valence-corrected chi connectivity index (χ0v) is 30.4. The van der Waals surface area contributed by atoms with Gasteiger partial charge in [0.1, 0.15) is 0 Å². The topological polar surface area (TPSA) is 3.24 Å². The molecule has 10 rings (SSSR count). The second-order valence-corrected chi connectivity index (χ2v) is 14.7. The molecule has 10 aromatic rings. The van der Waals surface area contributed by atoms with Gasteiger partial charge >= 0.3 is 0 Å². The van der Waals surface area contributed by atoms with Crippen molar-refractivity contribution in [3.63, 3.8) is 0 Å². The normalized spacial score (nSPS) is 11.3. The van der Waals surface area contributed by atoms with Gasteiger partial charge in [-0.1, -0.05) is 176 Å². The van der Waals surface area contributed by atoms with Gasteiger partial charge in [0.2, 0.25) is 0 Å². The predicted molar refractivity (Wildman–Crippen MR) is 233 cm³/mol. The number of fused-ring (bicyclic) bond motifs is 4. The largest absolute Gasteiger partial charge is 0.309 e. The van der Waals surface area contributed by atoms with Crippen molar-refractivity contribution in [3.05, 3.63) is 212 Å². The van der Waals surface area contributed by atoms with Crippen molar-refractivity contribution in [3.8, 4) is 44.5 Å². The summed E-state index contributed by atoms with van der Waals surface area (Å²) < 4.78 is 2.57. The van der Waals surface area contributed by atoms with E-state index >= 15 is 0 Å². The third-order valence-corrected chi connectivity index (χ3v) is 11.7. The molecule has 9 aromatic carbocycles. The highest BCUT2D eigenvalue weighted by molar-refractivity contribution is 7.26. The van der Waals surface area contributed by atoms with E-state index < -0.39 is 0 Å². The zero-order valence-electron chi connectivity index (χ0n) is 29.6. The first-order chi connectivity index (χ1) is 26.8. The van der Waals surface area contributed by atoms with Gasteiger partial charge in [0, 0.05) is 26.8 Å². The Hall–Kier alpha value is -6.74. The van der Waals surface area contributed by atoms with E-state index in [4.69, 9.17) is 0 Å². The molecule has 0 saturated carbocycles. The van der Waals surface area contributed by atoms with Crippen LogP contribution < -0.4 is 4.90 Å². The van der Waals surface area contributed by atoms with Crippen LogP contribution in [0.2, 0.25) is 0 Å². The molecule has 0 spiro atoms. The lowest BCUT2D eigenvalue weighted by Gasteiger charge is -2.28. The molecule has 0 atom stereocenters. The standard InChI is InChI=1S/C52H35NS/c1-4-16-36(17-5-1)42-25-13-28-46-43(26-14-27-45(42)46)39-22-12-23-40(34-39)53(50-30-15-29-48-47-24-10-11-31-51(47)54-52(48)50)41-32-33-44(37-18-6-2-7-19-37)49(35-41)38-20-8-3-9-21-38/h1-35H. The Morgan fingerprint density at radius 3 is 1.50 bits per heavy atom. The first kappa shape index (κ1) is 32.0. The monoisotopic (exact) mass is 705 g/mol. The van der Waals surface area contributed by atoms with Gasteiger partial charge in [0.05, 0.1) is 10.4 Å². The maximum absolute atomic E-state index is 2.46. The molecule has 0 radical (unpaired) electrons. The average molecular weight is 706 g/mol. The Balaban J connectivity index is 1.20. The molecule has 0 fully saturated rings. The Kier molecular flexibility index (Phi) is 8.09. The van der Waals surface area contributed by atoms with E-state index in [0.29, 0.717) is 0 Å². The molecule has 254 valence electrons. The van der Waals surface area contributed by atoms with E-state index in [1.807, 2.05) is 11.3 Å². The van der Waals surface area contributed by atoms with Crippen LogP contribution in [0, 0.1) is 0 Å². The quantitative estimate of drug-likeness (QED) is 0.160. The molecule has 0 aliphatic rings. The minimum Gasteiger partial charge on any atom is -0.309 e. The molecular formula is C52H35NS. The third kappa shape index (κ3) is 5.65. The van der Waals surface area contributed by atoms with Crippen LogP contribution in [0.4, 0.5) is 17.1 Å². The maximum atomic E-state index is 2.46.